The van der Waals surface area contributed by atoms with Crippen LogP contribution in [0.5, 0.6) is 23.0 Å². The Morgan fingerprint density at radius 3 is 0.864 bits per heavy atom. The van der Waals surface area contributed by atoms with Crippen LogP contribution < -0.4 is 103 Å². The van der Waals surface area contributed by atoms with Crippen molar-refractivity contribution in [2.75, 3.05) is 13.2 Å². The fourth-order valence-corrected chi connectivity index (χ4v) is 13.5. The zero-order valence-electron chi connectivity index (χ0n) is 79.7. The van der Waals surface area contributed by atoms with E-state index in [1.54, 1.807) is 97.1 Å². The van der Waals surface area contributed by atoms with E-state index in [0.717, 1.165) is 122 Å². The maximum Gasteiger partial charge on any atom is 1.00 e. The van der Waals surface area contributed by atoms with Crippen molar-refractivity contribution in [1.82, 2.24) is 0 Å². The van der Waals surface area contributed by atoms with Crippen molar-refractivity contribution < 1.29 is 176 Å². The van der Waals surface area contributed by atoms with Crippen LogP contribution >= 0.6 is 15.9 Å². The van der Waals surface area contributed by atoms with Crippen LogP contribution in [-0.2, 0) is 38.3 Å². The average Bonchev–Trinajstić information content (AvgIpc) is 0.882. The molecule has 4 rings (SSSR count). The van der Waals surface area contributed by atoms with Gasteiger partial charge in [0, 0.05) is 47.9 Å². The number of ketones is 4. The third-order valence-electron chi connectivity index (χ3n) is 20.4. The van der Waals surface area contributed by atoms with Crippen LogP contribution in [0.1, 0.15) is 438 Å². The van der Waals surface area contributed by atoms with Gasteiger partial charge in [-0.3, -0.25) is 28.8 Å². The molecule has 20 nitrogen and oxygen atoms in total. The number of benzene rings is 4. The zero-order chi connectivity index (χ0) is 90.0. The van der Waals surface area contributed by atoms with E-state index < -0.39 is 30.3 Å². The molecule has 125 heavy (non-hydrogen) atoms. The average molecular weight is 1830 g/mol. The summed E-state index contributed by atoms with van der Waals surface area (Å²) in [5.41, 5.74) is 2.74. The van der Waals surface area contributed by atoms with Crippen LogP contribution in [0.25, 0.3) is 0 Å². The van der Waals surface area contributed by atoms with E-state index in [4.69, 9.17) is 38.8 Å². The van der Waals surface area contributed by atoms with Crippen LogP contribution in [0.2, 0.25) is 0 Å². The zero-order valence-corrected chi connectivity index (χ0v) is 85.3. The van der Waals surface area contributed by atoms with Gasteiger partial charge in [0.05, 0.1) is 32.5 Å². The number of aliphatic carboxylic acids is 2. The Kier molecular flexibility index (Phi) is 99.4. The molecule has 4 atom stereocenters. The Morgan fingerprint density at radius 2 is 0.592 bits per heavy atom. The molecule has 0 aliphatic carbocycles. The number of carboxylic acids is 2. The number of aromatic hydroxyl groups is 1. The van der Waals surface area contributed by atoms with Crippen LogP contribution in [0, 0.1) is 6.92 Å². The molecule has 0 saturated heterocycles. The number of alkyl halides is 1. The van der Waals surface area contributed by atoms with Crippen molar-refractivity contribution in [3.05, 3.63) is 126 Å². The quantitative estimate of drug-likeness (QED) is 0.00477. The summed E-state index contributed by atoms with van der Waals surface area (Å²) >= 11 is 3.34. The Morgan fingerprint density at radius 1 is 0.360 bits per heavy atom. The summed E-state index contributed by atoms with van der Waals surface area (Å²) in [5.74, 6) is -0.120. The van der Waals surface area contributed by atoms with E-state index in [2.05, 4.69) is 76.2 Å². The molecule has 0 aliphatic heterocycles. The van der Waals surface area contributed by atoms with Crippen molar-refractivity contribution in [2.24, 2.45) is 0 Å². The number of phenols is 1. The molecule has 0 bridgehead atoms. The van der Waals surface area contributed by atoms with Crippen molar-refractivity contribution in [1.29, 1.82) is 0 Å². The Balaban J connectivity index is -0.000000355. The van der Waals surface area contributed by atoms with Gasteiger partial charge in [-0.15, -0.1) is 0 Å². The first kappa shape index (κ1) is 131. The van der Waals surface area contributed by atoms with Gasteiger partial charge < -0.3 is 59.4 Å². The molecule has 0 aromatic heterocycles. The number of Topliss-reactive ketones (excluding diaryl/α,β-unsaturated/α-hetero) is 4. The van der Waals surface area contributed by atoms with E-state index in [0.29, 0.717) is 97.7 Å². The van der Waals surface area contributed by atoms with Gasteiger partial charge in [0.25, 0.3) is 6.47 Å². The van der Waals surface area contributed by atoms with E-state index in [-0.39, 0.29) is 136 Å². The molecule has 0 aliphatic rings. The number of carboxylic acid groups (broad SMARTS) is 2. The molecule has 0 radical (unpaired) electrons. The minimum Gasteiger partial charge on any atom is -0.870 e. The van der Waals surface area contributed by atoms with Gasteiger partial charge in [-0.2, -0.15) is 0 Å². The topological polar surface area (TPSA) is 326 Å². The molecule has 0 fully saturated rings. The molecule has 4 unspecified atom stereocenters. The van der Waals surface area contributed by atoms with Crippen LogP contribution in [0.3, 0.4) is 0 Å². The van der Waals surface area contributed by atoms with Crippen molar-refractivity contribution in [2.45, 2.75) is 419 Å². The van der Waals surface area contributed by atoms with Gasteiger partial charge in [0.2, 0.25) is 0 Å². The largest absolute Gasteiger partial charge is 1.00 e. The van der Waals surface area contributed by atoms with Gasteiger partial charge in [-0.1, -0.05) is 283 Å². The fraction of sp³-hybridized carbons (Fsp3) is 0.663. The van der Waals surface area contributed by atoms with E-state index >= 15 is 0 Å². The number of carbonyl (C=O) groups excluding carboxylic acids is 8. The van der Waals surface area contributed by atoms with Crippen molar-refractivity contribution in [3.8, 4) is 23.0 Å². The first-order valence-corrected chi connectivity index (χ1v) is 47.7. The second-order valence-corrected chi connectivity index (χ2v) is 32.3. The minimum atomic E-state index is -1.18. The second-order valence-electron chi connectivity index (χ2n) is 31.2. The third-order valence-corrected chi connectivity index (χ3v) is 21.3. The fourth-order valence-electron chi connectivity index (χ4n) is 13.1. The summed E-state index contributed by atoms with van der Waals surface area (Å²) in [6.45, 7) is 23.4. The van der Waals surface area contributed by atoms with E-state index in [9.17, 15) is 48.6 Å². The Bertz CT molecular complexity index is 3080. The summed E-state index contributed by atoms with van der Waals surface area (Å²) in [4.78, 5) is 106. The van der Waals surface area contributed by atoms with E-state index in [1.807, 2.05) is 13.8 Å². The SMILES string of the molecule is CCCCCCCC(=O)c1ccc(O)cc1.CCCCCCCCC(Oc1ccc(C(=O)CCCCCCC)cc1)C(=O)O.CCCCCCCCC(Oc1ccc(C(=O)CCCCCCC)cc1)C(=O)OCC.CCCCCCCCC(Oc1ccc(C(=O)CCCCCCC)cc1)C(=O)[O-].O=CO[O-].[CH2+]CCCCCCCC(Br)C(=O)OCC.[Li+].[Na+].[Na+].[OH-]. The normalized spacial score (nSPS) is 11.2. The summed E-state index contributed by atoms with van der Waals surface area (Å²) in [5, 5.41) is 38.3. The second kappa shape index (κ2) is 95.1. The molecule has 3 N–H and O–H groups in total. The monoisotopic (exact) mass is 1830 g/mol. The number of carbonyl (C=O) groups is 9. The van der Waals surface area contributed by atoms with Gasteiger partial charge in [0.15, 0.2) is 35.3 Å². The first-order valence-electron chi connectivity index (χ1n) is 46.8. The molecule has 0 saturated carbocycles. The number of phenolic OH excluding ortho intramolecular Hbond substituents is 1. The molecule has 0 heterocycles. The smallest absolute Gasteiger partial charge is 0.870 e. The number of hydrogen-bond acceptors (Lipinski definition) is 19. The number of esters is 2. The summed E-state index contributed by atoms with van der Waals surface area (Å²) in [6, 6.07) is 27.4. The van der Waals surface area contributed by atoms with Gasteiger partial charge in [0.1, 0.15) is 33.9 Å². The number of halogens is 1. The number of unbranched alkanes of at least 4 members (excludes halogenated alkanes) is 36. The Hall–Kier alpha value is -5.02. The molecular formula is C101H161BrLiNa2O20+. The number of ether oxygens (including phenoxy) is 5. The maximum atomic E-state index is 12.3. The van der Waals surface area contributed by atoms with Crippen molar-refractivity contribution >= 4 is 69.4 Å². The summed E-state index contributed by atoms with van der Waals surface area (Å²) in [6.07, 6.45) is 52.5. The summed E-state index contributed by atoms with van der Waals surface area (Å²) in [7, 11) is 0. The Labute approximate surface area is 819 Å². The minimum absolute atomic E-state index is 0. The molecule has 0 amide bonds. The molecule has 694 valence electrons. The van der Waals surface area contributed by atoms with Gasteiger partial charge in [-0.05, 0) is 194 Å². The number of hydrogen-bond donors (Lipinski definition) is 2. The molecule has 4 aromatic carbocycles. The first-order chi connectivity index (χ1) is 58.6. The van der Waals surface area contributed by atoms with Crippen LogP contribution in [0.4, 0.5) is 0 Å². The predicted octanol–water partition coefficient (Wildman–Crippen LogP) is 16.7. The summed E-state index contributed by atoms with van der Waals surface area (Å²) < 4.78 is 27.3. The molecule has 0 spiro atoms. The van der Waals surface area contributed by atoms with Gasteiger partial charge in [-0.25, -0.2) is 9.59 Å². The predicted molar refractivity (Wildman–Crippen MR) is 491 cm³/mol. The van der Waals surface area contributed by atoms with Crippen LogP contribution in [0.15, 0.2) is 97.1 Å². The van der Waals surface area contributed by atoms with Crippen LogP contribution in [-0.4, -0.2) is 106 Å². The standard InChI is InChI=1S/C26H42O4.2C24H38O4.C14H20O2.C12H22BrO2.CH2O3.Li.2Na.H2O/c1-4-7-9-11-13-15-17-25(26(28)29-6-3)30-23-20-18-22(19-21-23)24(27)16-14-12-10-8-5-2;2*1-3-5-7-9-11-13-15-23(24(26)27)28-21-18-16-20(17-19-21)22(25)14-12-10-8-6-4-2;1-2-3-4-5-6-7-14(16)12-8-10-13(15)11-9-12;1-3-5-6-7-8-9-10-11(13)12(14)15-4-2;2-1-4-3;;;;/h18-21,25H,4-17H2,1-3H3;2*16-19,23H,3-15H2,1-2H3,(H,26,27);8-11,15H,2-7H2,1H3;11H,1,3-10H2,2H3;1,3H;;;;1H2/q;;;;+1;;3*+1;/p-3. The van der Waals surface area contributed by atoms with E-state index in [1.165, 1.54) is 167 Å². The van der Waals surface area contributed by atoms with Crippen molar-refractivity contribution in [3.63, 3.8) is 0 Å². The van der Waals surface area contributed by atoms with Gasteiger partial charge >= 0.3 is 95.9 Å². The molecule has 24 heteroatoms. The molecule has 4 aromatic rings. The third kappa shape index (κ3) is 76.4. The maximum absolute atomic E-state index is 12.3. The molecular weight excluding hydrogens is 1670 g/mol. The number of rotatable bonds is 69.